The predicted octanol–water partition coefficient (Wildman–Crippen LogP) is 4.57. The molecular formula is C25H29FN2O3. The van der Waals surface area contributed by atoms with Crippen LogP contribution >= 0.6 is 0 Å². The second kappa shape index (κ2) is 8.69. The molecular weight excluding hydrogens is 395 g/mol. The number of hydrogen-bond acceptors (Lipinski definition) is 3. The van der Waals surface area contributed by atoms with Gasteiger partial charge in [-0.3, -0.25) is 9.59 Å². The lowest BCUT2D eigenvalue weighted by atomic mass is 9.95. The van der Waals surface area contributed by atoms with Crippen LogP contribution in [0.15, 0.2) is 30.3 Å². The van der Waals surface area contributed by atoms with E-state index in [9.17, 15) is 14.0 Å². The normalized spacial score (nSPS) is 16.8. The van der Waals surface area contributed by atoms with Gasteiger partial charge in [0, 0.05) is 24.7 Å². The van der Waals surface area contributed by atoms with Crippen molar-refractivity contribution in [3.8, 4) is 16.9 Å². The standard InChI is InChI=1S/C25H29FN2O3/c1-15-8-10-28(11-9-15)25(30)20-7-4-17(14-23(20)31-3)21-12-18(13-22(26)16(21)2)24(29)27-19-5-6-19/h4,7,12-15,19H,5-6,8-11H2,1-3H3,(H,27,29). The summed E-state index contributed by atoms with van der Waals surface area (Å²) in [5.74, 6) is 0.348. The molecule has 1 aliphatic carbocycles. The number of carbonyl (C=O) groups is 2. The van der Waals surface area contributed by atoms with Gasteiger partial charge in [-0.1, -0.05) is 13.0 Å². The van der Waals surface area contributed by atoms with Crippen molar-refractivity contribution in [1.29, 1.82) is 0 Å². The Morgan fingerprint density at radius 2 is 1.81 bits per heavy atom. The molecule has 2 fully saturated rings. The van der Waals surface area contributed by atoms with Crippen LogP contribution in [0.25, 0.3) is 11.1 Å². The Morgan fingerprint density at radius 1 is 1.10 bits per heavy atom. The highest BCUT2D eigenvalue weighted by atomic mass is 19.1. The summed E-state index contributed by atoms with van der Waals surface area (Å²) in [6.45, 7) is 5.38. The van der Waals surface area contributed by atoms with Gasteiger partial charge in [-0.25, -0.2) is 4.39 Å². The van der Waals surface area contributed by atoms with Crippen molar-refractivity contribution in [2.75, 3.05) is 20.2 Å². The molecule has 2 aromatic rings. The van der Waals surface area contributed by atoms with Crippen molar-refractivity contribution in [3.05, 3.63) is 52.8 Å². The summed E-state index contributed by atoms with van der Waals surface area (Å²) in [7, 11) is 1.53. The Balaban J connectivity index is 1.65. The van der Waals surface area contributed by atoms with Crippen LogP contribution in [0.2, 0.25) is 0 Å². The number of benzene rings is 2. The minimum Gasteiger partial charge on any atom is -0.496 e. The topological polar surface area (TPSA) is 58.6 Å². The molecule has 2 amide bonds. The monoisotopic (exact) mass is 424 g/mol. The Labute approximate surface area is 182 Å². The molecule has 0 spiro atoms. The highest BCUT2D eigenvalue weighted by Gasteiger charge is 2.26. The van der Waals surface area contributed by atoms with Crippen molar-refractivity contribution < 1.29 is 18.7 Å². The number of amides is 2. The summed E-state index contributed by atoms with van der Waals surface area (Å²) in [5.41, 5.74) is 2.57. The van der Waals surface area contributed by atoms with Crippen molar-refractivity contribution in [2.24, 2.45) is 5.92 Å². The lowest BCUT2D eigenvalue weighted by Gasteiger charge is -2.30. The zero-order valence-corrected chi connectivity index (χ0v) is 18.3. The fourth-order valence-corrected chi connectivity index (χ4v) is 4.02. The molecule has 0 aromatic heterocycles. The number of ether oxygens (including phenoxy) is 1. The molecule has 1 N–H and O–H groups in total. The third-order valence-electron chi connectivity index (χ3n) is 6.33. The fraction of sp³-hybridized carbons (Fsp3) is 0.440. The number of rotatable bonds is 5. The van der Waals surface area contributed by atoms with Crippen LogP contribution in [0, 0.1) is 18.7 Å². The molecule has 1 saturated heterocycles. The van der Waals surface area contributed by atoms with Gasteiger partial charge in [0.2, 0.25) is 0 Å². The van der Waals surface area contributed by atoms with Gasteiger partial charge in [0.15, 0.2) is 0 Å². The lowest BCUT2D eigenvalue weighted by molar-refractivity contribution is 0.0693. The molecule has 1 saturated carbocycles. The van der Waals surface area contributed by atoms with E-state index in [1.165, 1.54) is 13.2 Å². The zero-order chi connectivity index (χ0) is 22.1. The molecule has 0 atom stereocenters. The van der Waals surface area contributed by atoms with Crippen molar-refractivity contribution >= 4 is 11.8 Å². The first kappa shape index (κ1) is 21.3. The van der Waals surface area contributed by atoms with Gasteiger partial charge in [0.25, 0.3) is 11.8 Å². The minimum atomic E-state index is -0.431. The summed E-state index contributed by atoms with van der Waals surface area (Å²) in [6, 6.07) is 8.48. The number of carbonyl (C=O) groups excluding carboxylic acids is 2. The molecule has 2 aromatic carbocycles. The number of hydrogen-bond donors (Lipinski definition) is 1. The van der Waals surface area contributed by atoms with E-state index in [1.807, 2.05) is 4.90 Å². The average molecular weight is 425 g/mol. The first-order valence-corrected chi connectivity index (χ1v) is 11.0. The van der Waals surface area contributed by atoms with Crippen molar-refractivity contribution in [1.82, 2.24) is 10.2 Å². The van der Waals surface area contributed by atoms with Crippen molar-refractivity contribution in [3.63, 3.8) is 0 Å². The quantitative estimate of drug-likeness (QED) is 0.765. The highest BCUT2D eigenvalue weighted by molar-refractivity contribution is 5.98. The molecule has 0 radical (unpaired) electrons. The molecule has 5 nitrogen and oxygen atoms in total. The van der Waals surface area contributed by atoms with Crippen molar-refractivity contribution in [2.45, 2.75) is 45.6 Å². The van der Waals surface area contributed by atoms with Gasteiger partial charge in [-0.05, 0) is 79.5 Å². The molecule has 1 aliphatic heterocycles. The summed E-state index contributed by atoms with van der Waals surface area (Å²) < 4.78 is 20.2. The Morgan fingerprint density at radius 3 is 2.45 bits per heavy atom. The van der Waals surface area contributed by atoms with Crippen LogP contribution in [0.1, 0.15) is 58.9 Å². The molecule has 2 aliphatic rings. The second-order valence-corrected chi connectivity index (χ2v) is 8.77. The zero-order valence-electron chi connectivity index (χ0n) is 18.3. The first-order valence-electron chi connectivity index (χ1n) is 11.0. The van der Waals surface area contributed by atoms with Gasteiger partial charge < -0.3 is 15.0 Å². The predicted molar refractivity (Wildman–Crippen MR) is 118 cm³/mol. The van der Waals surface area contributed by atoms with Gasteiger partial charge in [0.05, 0.1) is 12.7 Å². The molecule has 31 heavy (non-hydrogen) atoms. The fourth-order valence-electron chi connectivity index (χ4n) is 4.02. The first-order chi connectivity index (χ1) is 14.9. The lowest BCUT2D eigenvalue weighted by Crippen LogP contribution is -2.38. The average Bonchev–Trinajstić information content (AvgIpc) is 3.59. The van der Waals surface area contributed by atoms with Gasteiger partial charge >= 0.3 is 0 Å². The maximum atomic E-state index is 14.6. The van der Waals surface area contributed by atoms with Crippen LogP contribution in [-0.4, -0.2) is 43.0 Å². The summed E-state index contributed by atoms with van der Waals surface area (Å²) in [6.07, 6.45) is 3.94. The molecule has 0 bridgehead atoms. The molecule has 4 rings (SSSR count). The molecule has 164 valence electrons. The van der Waals surface area contributed by atoms with E-state index < -0.39 is 5.82 Å². The van der Waals surface area contributed by atoms with Crippen LogP contribution in [0.5, 0.6) is 5.75 Å². The maximum absolute atomic E-state index is 14.6. The SMILES string of the molecule is COc1cc(-c2cc(C(=O)NC3CC3)cc(F)c2C)ccc1C(=O)N1CCC(C)CC1. The van der Waals surface area contributed by atoms with E-state index in [2.05, 4.69) is 12.2 Å². The Kier molecular flexibility index (Phi) is 5.99. The number of methoxy groups -OCH3 is 1. The minimum absolute atomic E-state index is 0.0456. The maximum Gasteiger partial charge on any atom is 0.257 e. The van der Waals surface area contributed by atoms with Gasteiger partial charge in [-0.15, -0.1) is 0 Å². The largest absolute Gasteiger partial charge is 0.496 e. The number of halogens is 1. The number of likely N-dealkylation sites (tertiary alicyclic amines) is 1. The van der Waals surface area contributed by atoms with E-state index in [4.69, 9.17) is 4.74 Å². The number of nitrogens with zero attached hydrogens (tertiary/aromatic N) is 1. The van der Waals surface area contributed by atoms with Crippen LogP contribution in [-0.2, 0) is 0 Å². The Hall–Kier alpha value is -2.89. The third-order valence-corrected chi connectivity index (χ3v) is 6.33. The summed E-state index contributed by atoms with van der Waals surface area (Å²) >= 11 is 0. The van der Waals surface area contributed by atoms with E-state index >= 15 is 0 Å². The van der Waals surface area contributed by atoms with Gasteiger partial charge in [-0.2, -0.15) is 0 Å². The number of nitrogens with one attached hydrogen (secondary N) is 1. The smallest absolute Gasteiger partial charge is 0.257 e. The second-order valence-electron chi connectivity index (χ2n) is 8.77. The van der Waals surface area contributed by atoms with Crippen LogP contribution in [0.4, 0.5) is 4.39 Å². The van der Waals surface area contributed by atoms with E-state index in [1.54, 1.807) is 31.2 Å². The highest BCUT2D eigenvalue weighted by Crippen LogP contribution is 2.33. The summed E-state index contributed by atoms with van der Waals surface area (Å²) in [4.78, 5) is 27.4. The van der Waals surface area contributed by atoms with E-state index in [0.717, 1.165) is 38.8 Å². The van der Waals surface area contributed by atoms with E-state index in [0.29, 0.717) is 39.5 Å². The number of piperidine rings is 1. The summed E-state index contributed by atoms with van der Waals surface area (Å²) in [5, 5.41) is 2.90. The van der Waals surface area contributed by atoms with Crippen LogP contribution < -0.4 is 10.1 Å². The van der Waals surface area contributed by atoms with Crippen LogP contribution in [0.3, 0.4) is 0 Å². The Bertz CT molecular complexity index is 1010. The van der Waals surface area contributed by atoms with E-state index in [-0.39, 0.29) is 17.9 Å². The van der Waals surface area contributed by atoms with Gasteiger partial charge in [0.1, 0.15) is 11.6 Å². The third kappa shape index (κ3) is 4.58. The molecule has 1 heterocycles. The molecule has 0 unspecified atom stereocenters. The molecule has 6 heteroatoms.